The van der Waals surface area contributed by atoms with E-state index in [1.807, 2.05) is 27.7 Å². The molecule has 1 aromatic carbocycles. The van der Waals surface area contributed by atoms with E-state index < -0.39 is 35.9 Å². The maximum absolute atomic E-state index is 12.9. The number of nitrogens with one attached hydrogen (secondary N) is 3. The number of imidazole rings is 1. The van der Waals surface area contributed by atoms with Gasteiger partial charge in [0.2, 0.25) is 5.95 Å². The van der Waals surface area contributed by atoms with E-state index in [0.717, 1.165) is 12.3 Å². The molecule has 158 valence electrons. The highest BCUT2D eigenvalue weighted by molar-refractivity contribution is 6.65. The van der Waals surface area contributed by atoms with Crippen LogP contribution in [-0.4, -0.2) is 38.3 Å². The second-order valence-electron chi connectivity index (χ2n) is 8.04. The zero-order valence-electron chi connectivity index (χ0n) is 16.6. The van der Waals surface area contributed by atoms with E-state index in [-0.39, 0.29) is 5.95 Å². The molecule has 0 atom stereocenters. The second kappa shape index (κ2) is 6.57. The van der Waals surface area contributed by atoms with E-state index in [9.17, 15) is 18.0 Å². The maximum Gasteiger partial charge on any atom is 0.497 e. The first-order valence-electron chi connectivity index (χ1n) is 9.15. The summed E-state index contributed by atoms with van der Waals surface area (Å²) < 4.78 is 51.0. The van der Waals surface area contributed by atoms with Crippen molar-refractivity contribution in [3.05, 3.63) is 40.6 Å². The first-order chi connectivity index (χ1) is 13.9. The van der Waals surface area contributed by atoms with Crippen molar-refractivity contribution < 1.29 is 22.5 Å². The Balaban J connectivity index is 1.76. The van der Waals surface area contributed by atoms with Crippen LogP contribution in [0.2, 0.25) is 0 Å². The molecule has 1 saturated heterocycles. The molecule has 12 heteroatoms. The maximum atomic E-state index is 12.9. The molecule has 30 heavy (non-hydrogen) atoms. The van der Waals surface area contributed by atoms with E-state index in [1.54, 1.807) is 12.1 Å². The van der Waals surface area contributed by atoms with Gasteiger partial charge in [0, 0.05) is 17.3 Å². The third-order valence-corrected chi connectivity index (χ3v) is 5.36. The summed E-state index contributed by atoms with van der Waals surface area (Å²) in [6.07, 6.45) is -3.58. The predicted molar refractivity (Wildman–Crippen MR) is 105 cm³/mol. The van der Waals surface area contributed by atoms with Crippen molar-refractivity contribution in [1.29, 1.82) is 0 Å². The van der Waals surface area contributed by atoms with Crippen LogP contribution in [0.15, 0.2) is 29.2 Å². The summed E-state index contributed by atoms with van der Waals surface area (Å²) in [4.78, 5) is 24.6. The Morgan fingerprint density at radius 3 is 2.40 bits per heavy atom. The van der Waals surface area contributed by atoms with Crippen LogP contribution in [0.5, 0.6) is 0 Å². The van der Waals surface area contributed by atoms with Crippen LogP contribution < -0.4 is 16.5 Å². The van der Waals surface area contributed by atoms with Crippen molar-refractivity contribution in [2.24, 2.45) is 0 Å². The molecule has 3 heterocycles. The zero-order valence-corrected chi connectivity index (χ0v) is 16.6. The van der Waals surface area contributed by atoms with Crippen LogP contribution >= 0.6 is 0 Å². The quantitative estimate of drug-likeness (QED) is 0.562. The Labute approximate surface area is 169 Å². The summed E-state index contributed by atoms with van der Waals surface area (Å²) in [6.45, 7) is 7.57. The third-order valence-electron chi connectivity index (χ3n) is 5.36. The number of fused-ring (bicyclic) bond motifs is 1. The summed E-state index contributed by atoms with van der Waals surface area (Å²) in [7, 11) is -0.798. The lowest BCUT2D eigenvalue weighted by Gasteiger charge is -2.32. The number of nitrogens with zero attached hydrogens (tertiary/aromatic N) is 2. The molecule has 2 aromatic heterocycles. The molecule has 1 fully saturated rings. The van der Waals surface area contributed by atoms with Crippen LogP contribution in [0.25, 0.3) is 11.0 Å². The first kappa shape index (κ1) is 20.4. The summed E-state index contributed by atoms with van der Waals surface area (Å²) in [5.74, 6) is -0.234. The number of aromatic amines is 2. The lowest BCUT2D eigenvalue weighted by Crippen LogP contribution is -2.41. The van der Waals surface area contributed by atoms with Crippen molar-refractivity contribution in [3.63, 3.8) is 0 Å². The van der Waals surface area contributed by atoms with Crippen molar-refractivity contribution in [2.75, 3.05) is 5.32 Å². The molecule has 0 spiro atoms. The fourth-order valence-electron chi connectivity index (χ4n) is 3.10. The monoisotopic (exact) mass is 421 g/mol. The molecule has 0 unspecified atom stereocenters. The molecule has 3 aromatic rings. The fraction of sp³-hybridized carbons (Fsp3) is 0.389. The molecule has 0 aliphatic carbocycles. The Morgan fingerprint density at radius 2 is 1.77 bits per heavy atom. The molecule has 1 aliphatic rings. The number of hydrogen-bond acceptors (Lipinski definition) is 6. The third kappa shape index (κ3) is 3.56. The van der Waals surface area contributed by atoms with Gasteiger partial charge in [-0.25, -0.2) is 14.8 Å². The number of anilines is 2. The lowest BCUT2D eigenvalue weighted by molar-refractivity contribution is -0.141. The molecule has 0 saturated carbocycles. The smallest absolute Gasteiger partial charge is 0.399 e. The molecule has 1 aliphatic heterocycles. The van der Waals surface area contributed by atoms with Crippen LogP contribution in [-0.2, 0) is 15.5 Å². The number of halogens is 3. The molecule has 8 nitrogen and oxygen atoms in total. The van der Waals surface area contributed by atoms with E-state index in [4.69, 9.17) is 9.31 Å². The number of rotatable bonds is 3. The predicted octanol–water partition coefficient (Wildman–Crippen LogP) is 2.71. The molecular formula is C18H19BF3N5O3. The molecule has 4 rings (SSSR count). The van der Waals surface area contributed by atoms with Gasteiger partial charge in [0.25, 0.3) is 0 Å². The van der Waals surface area contributed by atoms with Crippen molar-refractivity contribution in [1.82, 2.24) is 19.9 Å². The number of hydrogen-bond donors (Lipinski definition) is 3. The number of benzene rings is 1. The second-order valence-corrected chi connectivity index (χ2v) is 8.04. The van der Waals surface area contributed by atoms with Gasteiger partial charge in [-0.3, -0.25) is 0 Å². The molecule has 3 N–H and O–H groups in total. The van der Waals surface area contributed by atoms with Gasteiger partial charge in [0.05, 0.1) is 22.2 Å². The van der Waals surface area contributed by atoms with Gasteiger partial charge >= 0.3 is 19.0 Å². The number of aromatic nitrogens is 4. The van der Waals surface area contributed by atoms with Gasteiger partial charge in [-0.1, -0.05) is 0 Å². The van der Waals surface area contributed by atoms with Crippen LogP contribution in [0.3, 0.4) is 0 Å². The van der Waals surface area contributed by atoms with Crippen LogP contribution in [0.4, 0.5) is 24.8 Å². The topological polar surface area (TPSA) is 105 Å². The average Bonchev–Trinajstić information content (AvgIpc) is 3.09. The minimum absolute atomic E-state index is 0.234. The standard InChI is InChI=1S/C18H19BF3N5O3/c1-16(2)17(3,4)30-19(29-16)10-7-9(8-11-13(10)27-15(28)25-11)24-14-23-6-5-12(26-14)18(20,21)22/h5-8H,1-4H3,(H,23,24,26)(H2,25,27,28). The van der Waals surface area contributed by atoms with E-state index in [2.05, 4.69) is 25.3 Å². The fourth-order valence-corrected chi connectivity index (χ4v) is 3.10. The highest BCUT2D eigenvalue weighted by Crippen LogP contribution is 2.37. The van der Waals surface area contributed by atoms with Crippen LogP contribution in [0.1, 0.15) is 33.4 Å². The largest absolute Gasteiger partial charge is 0.497 e. The Morgan fingerprint density at radius 1 is 1.10 bits per heavy atom. The first-order valence-corrected chi connectivity index (χ1v) is 9.15. The Kier molecular flexibility index (Phi) is 4.47. The van der Waals surface area contributed by atoms with E-state index >= 15 is 0 Å². The van der Waals surface area contributed by atoms with Gasteiger partial charge in [-0.05, 0) is 45.9 Å². The minimum Gasteiger partial charge on any atom is -0.399 e. The molecular weight excluding hydrogens is 402 g/mol. The molecule has 0 amide bonds. The van der Waals surface area contributed by atoms with Crippen molar-refractivity contribution in [3.8, 4) is 0 Å². The van der Waals surface area contributed by atoms with Gasteiger partial charge in [-0.2, -0.15) is 13.2 Å². The average molecular weight is 421 g/mol. The summed E-state index contributed by atoms with van der Waals surface area (Å²) in [5.41, 5.74) is -0.948. The normalized spacial score (nSPS) is 18.2. The van der Waals surface area contributed by atoms with Gasteiger partial charge in [0.1, 0.15) is 5.69 Å². The van der Waals surface area contributed by atoms with Gasteiger partial charge in [-0.15, -0.1) is 0 Å². The van der Waals surface area contributed by atoms with Crippen LogP contribution in [0, 0.1) is 0 Å². The van der Waals surface area contributed by atoms with Gasteiger partial charge in [0.15, 0.2) is 0 Å². The number of H-pyrrole nitrogens is 2. The highest BCUT2D eigenvalue weighted by Gasteiger charge is 2.52. The summed E-state index contributed by atoms with van der Waals surface area (Å²) >= 11 is 0. The summed E-state index contributed by atoms with van der Waals surface area (Å²) in [5, 5.41) is 2.75. The molecule has 0 bridgehead atoms. The van der Waals surface area contributed by atoms with E-state index in [1.165, 1.54) is 0 Å². The van der Waals surface area contributed by atoms with Crippen molar-refractivity contribution >= 4 is 35.3 Å². The number of alkyl halides is 3. The van der Waals surface area contributed by atoms with Gasteiger partial charge < -0.3 is 24.6 Å². The Hall–Kier alpha value is -2.86. The molecule has 0 radical (unpaired) electrons. The zero-order chi connectivity index (χ0) is 21.9. The Bertz CT molecular complexity index is 1160. The highest BCUT2D eigenvalue weighted by atomic mass is 19.4. The summed E-state index contributed by atoms with van der Waals surface area (Å²) in [6, 6.07) is 3.97. The minimum atomic E-state index is -4.59. The van der Waals surface area contributed by atoms with E-state index in [0.29, 0.717) is 22.2 Å². The van der Waals surface area contributed by atoms with Crippen molar-refractivity contribution in [2.45, 2.75) is 45.1 Å². The SMILES string of the molecule is CC1(C)OB(c2cc(Nc3nccc(C(F)(F)F)n3)cc3[nH]c(=O)[nH]c23)OC1(C)C. The lowest BCUT2D eigenvalue weighted by atomic mass is 9.78.